The Morgan fingerprint density at radius 1 is 1.11 bits per heavy atom. The third-order valence-electron chi connectivity index (χ3n) is 5.63. The number of rotatable bonds is 2. The Morgan fingerprint density at radius 3 is 2.71 bits per heavy atom. The van der Waals surface area contributed by atoms with Gasteiger partial charge >= 0.3 is 5.69 Å². The van der Waals surface area contributed by atoms with Gasteiger partial charge in [0.15, 0.2) is 0 Å². The first-order valence-electron chi connectivity index (χ1n) is 9.59. The summed E-state index contributed by atoms with van der Waals surface area (Å²) in [5, 5.41) is 0.948. The second kappa shape index (κ2) is 6.41. The molecule has 1 aliphatic heterocycles. The van der Waals surface area contributed by atoms with Crippen LogP contribution in [0.3, 0.4) is 0 Å². The molecule has 6 heteroatoms. The SMILES string of the molecule is Cc1cc2cc(C(=O)N3CCC(n4c(=O)[nH]c5ccccc54)CC3)ccc2o1. The van der Waals surface area contributed by atoms with Crippen LogP contribution in [0.25, 0.3) is 22.0 Å². The zero-order chi connectivity index (χ0) is 19.3. The van der Waals surface area contributed by atoms with E-state index in [0.29, 0.717) is 18.7 Å². The Hall–Kier alpha value is -3.28. The molecule has 0 aliphatic carbocycles. The summed E-state index contributed by atoms with van der Waals surface area (Å²) in [6.45, 7) is 3.18. The monoisotopic (exact) mass is 375 g/mol. The molecular formula is C22H21N3O3. The van der Waals surface area contributed by atoms with E-state index in [1.165, 1.54) is 0 Å². The molecule has 1 saturated heterocycles. The predicted octanol–water partition coefficient (Wildman–Crippen LogP) is 3.86. The van der Waals surface area contributed by atoms with E-state index < -0.39 is 0 Å². The number of carbonyl (C=O) groups excluding carboxylic acids is 1. The van der Waals surface area contributed by atoms with E-state index in [1.54, 1.807) is 0 Å². The first kappa shape index (κ1) is 16.9. The summed E-state index contributed by atoms with van der Waals surface area (Å²) in [6.07, 6.45) is 1.53. The summed E-state index contributed by atoms with van der Waals surface area (Å²) >= 11 is 0. The van der Waals surface area contributed by atoms with E-state index in [2.05, 4.69) is 4.98 Å². The second-order valence-corrected chi connectivity index (χ2v) is 7.45. The van der Waals surface area contributed by atoms with Crippen molar-refractivity contribution in [3.05, 3.63) is 70.3 Å². The average molecular weight is 375 g/mol. The van der Waals surface area contributed by atoms with Gasteiger partial charge in [-0.15, -0.1) is 0 Å². The fourth-order valence-electron chi connectivity index (χ4n) is 4.26. The van der Waals surface area contributed by atoms with Gasteiger partial charge in [-0.05, 0) is 56.2 Å². The van der Waals surface area contributed by atoms with Crippen LogP contribution < -0.4 is 5.69 Å². The lowest BCUT2D eigenvalue weighted by atomic mass is 10.0. The molecule has 4 aromatic rings. The molecule has 2 aromatic carbocycles. The number of likely N-dealkylation sites (tertiary alicyclic amines) is 1. The number of imidazole rings is 1. The van der Waals surface area contributed by atoms with Gasteiger partial charge < -0.3 is 14.3 Å². The summed E-state index contributed by atoms with van der Waals surface area (Å²) in [7, 11) is 0. The molecule has 5 rings (SSSR count). The van der Waals surface area contributed by atoms with Gasteiger partial charge in [-0.1, -0.05) is 12.1 Å². The molecule has 0 bridgehead atoms. The van der Waals surface area contributed by atoms with Crippen molar-refractivity contribution >= 4 is 27.9 Å². The highest BCUT2D eigenvalue weighted by Crippen LogP contribution is 2.27. The average Bonchev–Trinajstić information content (AvgIpc) is 3.24. The summed E-state index contributed by atoms with van der Waals surface area (Å²) in [4.78, 5) is 30.2. The number of hydrogen-bond donors (Lipinski definition) is 1. The van der Waals surface area contributed by atoms with Crippen LogP contribution in [0.2, 0.25) is 0 Å². The number of aromatic amines is 1. The minimum absolute atomic E-state index is 0.0328. The zero-order valence-electron chi connectivity index (χ0n) is 15.6. The summed E-state index contributed by atoms with van der Waals surface area (Å²) < 4.78 is 7.43. The Labute approximate surface area is 161 Å². The summed E-state index contributed by atoms with van der Waals surface area (Å²) in [6, 6.07) is 15.4. The van der Waals surface area contributed by atoms with Crippen molar-refractivity contribution in [2.45, 2.75) is 25.8 Å². The van der Waals surface area contributed by atoms with Crippen molar-refractivity contribution in [3.63, 3.8) is 0 Å². The Balaban J connectivity index is 1.35. The van der Waals surface area contributed by atoms with Gasteiger partial charge in [-0.3, -0.25) is 9.36 Å². The van der Waals surface area contributed by atoms with Crippen LogP contribution in [-0.2, 0) is 0 Å². The number of nitrogens with zero attached hydrogens (tertiary/aromatic N) is 2. The highest BCUT2D eigenvalue weighted by molar-refractivity contribution is 5.97. The molecule has 0 unspecified atom stereocenters. The molecule has 1 fully saturated rings. The Bertz CT molecular complexity index is 1240. The minimum Gasteiger partial charge on any atom is -0.461 e. The number of hydrogen-bond acceptors (Lipinski definition) is 3. The first-order chi connectivity index (χ1) is 13.6. The number of nitrogens with one attached hydrogen (secondary N) is 1. The molecule has 1 amide bonds. The quantitative estimate of drug-likeness (QED) is 0.578. The van der Waals surface area contributed by atoms with Crippen LogP contribution in [0.4, 0.5) is 0 Å². The van der Waals surface area contributed by atoms with E-state index in [-0.39, 0.29) is 17.6 Å². The lowest BCUT2D eigenvalue weighted by Crippen LogP contribution is -2.40. The van der Waals surface area contributed by atoms with Gasteiger partial charge in [0.25, 0.3) is 5.91 Å². The molecule has 0 saturated carbocycles. The van der Waals surface area contributed by atoms with Crippen LogP contribution in [-0.4, -0.2) is 33.4 Å². The molecule has 2 aromatic heterocycles. The number of furan rings is 1. The molecule has 28 heavy (non-hydrogen) atoms. The number of carbonyl (C=O) groups is 1. The predicted molar refractivity (Wildman–Crippen MR) is 108 cm³/mol. The van der Waals surface area contributed by atoms with E-state index in [1.807, 2.05) is 64.9 Å². The van der Waals surface area contributed by atoms with Crippen molar-refractivity contribution in [2.24, 2.45) is 0 Å². The molecule has 0 radical (unpaired) electrons. The van der Waals surface area contributed by atoms with E-state index >= 15 is 0 Å². The molecule has 0 spiro atoms. The first-order valence-corrected chi connectivity index (χ1v) is 9.59. The number of benzene rings is 2. The molecule has 142 valence electrons. The Kier molecular flexibility index (Phi) is 3.86. The number of para-hydroxylation sites is 2. The molecule has 0 atom stereocenters. The standard InChI is InChI=1S/C22H21N3O3/c1-14-12-16-13-15(6-7-20(16)28-14)21(26)24-10-8-17(9-11-24)25-19-5-3-2-4-18(19)23-22(25)27/h2-7,12-13,17H,8-11H2,1H3,(H,23,27). The zero-order valence-corrected chi connectivity index (χ0v) is 15.6. The van der Waals surface area contributed by atoms with Gasteiger partial charge in [0.1, 0.15) is 11.3 Å². The van der Waals surface area contributed by atoms with Crippen LogP contribution in [0, 0.1) is 6.92 Å². The minimum atomic E-state index is -0.0771. The second-order valence-electron chi connectivity index (χ2n) is 7.45. The van der Waals surface area contributed by atoms with Crippen LogP contribution >= 0.6 is 0 Å². The maximum atomic E-state index is 12.9. The maximum absolute atomic E-state index is 12.9. The van der Waals surface area contributed by atoms with Crippen molar-refractivity contribution in [2.75, 3.05) is 13.1 Å². The Morgan fingerprint density at radius 2 is 1.89 bits per heavy atom. The normalized spacial score (nSPS) is 15.5. The lowest BCUT2D eigenvalue weighted by molar-refractivity contribution is 0.0695. The fraction of sp³-hybridized carbons (Fsp3) is 0.273. The molecular weight excluding hydrogens is 354 g/mol. The van der Waals surface area contributed by atoms with E-state index in [4.69, 9.17) is 4.42 Å². The van der Waals surface area contributed by atoms with Crippen molar-refractivity contribution in [1.82, 2.24) is 14.5 Å². The van der Waals surface area contributed by atoms with Crippen LogP contribution in [0.1, 0.15) is 35.0 Å². The maximum Gasteiger partial charge on any atom is 0.326 e. The largest absolute Gasteiger partial charge is 0.461 e. The molecule has 3 heterocycles. The van der Waals surface area contributed by atoms with Gasteiger partial charge in [0.05, 0.1) is 11.0 Å². The fourth-order valence-corrected chi connectivity index (χ4v) is 4.26. The number of piperidine rings is 1. The number of H-pyrrole nitrogens is 1. The van der Waals surface area contributed by atoms with E-state index in [9.17, 15) is 9.59 Å². The summed E-state index contributed by atoms with van der Waals surface area (Å²) in [5.41, 5.74) is 3.18. The van der Waals surface area contributed by atoms with Gasteiger partial charge in [-0.2, -0.15) is 0 Å². The topological polar surface area (TPSA) is 71.2 Å². The van der Waals surface area contributed by atoms with Crippen molar-refractivity contribution < 1.29 is 9.21 Å². The molecule has 1 N–H and O–H groups in total. The van der Waals surface area contributed by atoms with Crippen molar-refractivity contribution in [1.29, 1.82) is 0 Å². The van der Waals surface area contributed by atoms with Crippen LogP contribution in [0.15, 0.2) is 57.7 Å². The third kappa shape index (κ3) is 2.72. The lowest BCUT2D eigenvalue weighted by Gasteiger charge is -2.32. The number of aromatic nitrogens is 2. The molecule has 1 aliphatic rings. The van der Waals surface area contributed by atoms with Crippen molar-refractivity contribution in [3.8, 4) is 0 Å². The van der Waals surface area contributed by atoms with Gasteiger partial charge in [0, 0.05) is 30.1 Å². The number of amides is 1. The highest BCUT2D eigenvalue weighted by Gasteiger charge is 2.26. The third-order valence-corrected chi connectivity index (χ3v) is 5.63. The smallest absolute Gasteiger partial charge is 0.326 e. The number of fused-ring (bicyclic) bond motifs is 2. The molecule has 6 nitrogen and oxygen atoms in total. The van der Waals surface area contributed by atoms with Gasteiger partial charge in [-0.25, -0.2) is 4.79 Å². The summed E-state index contributed by atoms with van der Waals surface area (Å²) in [5.74, 6) is 0.870. The van der Waals surface area contributed by atoms with Gasteiger partial charge in [0.2, 0.25) is 0 Å². The van der Waals surface area contributed by atoms with E-state index in [0.717, 1.165) is 40.6 Å². The highest BCUT2D eigenvalue weighted by atomic mass is 16.3. The number of aryl methyl sites for hydroxylation is 1. The van der Waals surface area contributed by atoms with Crippen LogP contribution in [0.5, 0.6) is 0 Å².